The van der Waals surface area contributed by atoms with E-state index in [1.54, 1.807) is 12.2 Å². The van der Waals surface area contributed by atoms with Gasteiger partial charge in [0, 0.05) is 16.8 Å². The molecule has 0 unspecified atom stereocenters. The van der Waals surface area contributed by atoms with Crippen LogP contribution in [0.5, 0.6) is 0 Å². The molecule has 0 radical (unpaired) electrons. The van der Waals surface area contributed by atoms with Crippen LogP contribution in [-0.2, 0) is 9.59 Å². The van der Waals surface area contributed by atoms with Crippen LogP contribution < -0.4 is 0 Å². The van der Waals surface area contributed by atoms with Gasteiger partial charge in [0.15, 0.2) is 17.6 Å². The molecule has 0 aliphatic heterocycles. The summed E-state index contributed by atoms with van der Waals surface area (Å²) >= 11 is 0. The molecule has 27 heavy (non-hydrogen) atoms. The van der Waals surface area contributed by atoms with Crippen molar-refractivity contribution in [1.82, 2.24) is 0 Å². The average molecular weight is 355 g/mol. The van der Waals surface area contributed by atoms with Gasteiger partial charge in [0.1, 0.15) is 12.1 Å². The Morgan fingerprint density at radius 3 is 2.30 bits per heavy atom. The predicted molar refractivity (Wildman–Crippen MR) is 95.9 cm³/mol. The Balaban J connectivity index is 2.33. The van der Waals surface area contributed by atoms with E-state index in [2.05, 4.69) is 11.8 Å². The fraction of sp³-hybridized carbons (Fsp3) is 0.409. The summed E-state index contributed by atoms with van der Waals surface area (Å²) in [6, 6.07) is 5.71. The molecule has 0 bridgehead atoms. The third-order valence-corrected chi connectivity index (χ3v) is 6.27. The van der Waals surface area contributed by atoms with E-state index in [0.29, 0.717) is 18.4 Å². The Labute approximate surface area is 158 Å². The molecule has 3 rings (SSSR count). The van der Waals surface area contributed by atoms with Crippen LogP contribution in [0.25, 0.3) is 0 Å². The van der Waals surface area contributed by atoms with Crippen LogP contribution in [0.3, 0.4) is 0 Å². The fourth-order valence-electron chi connectivity index (χ4n) is 5.07. The molecule has 132 valence electrons. The van der Waals surface area contributed by atoms with Crippen LogP contribution in [0.1, 0.15) is 33.6 Å². The molecule has 0 saturated heterocycles. The monoisotopic (exact) mass is 355 g/mol. The van der Waals surface area contributed by atoms with Gasteiger partial charge in [-0.05, 0) is 36.5 Å². The molecule has 0 aromatic carbocycles. The zero-order valence-electron chi connectivity index (χ0n) is 15.4. The van der Waals surface area contributed by atoms with Gasteiger partial charge in [-0.1, -0.05) is 32.8 Å². The lowest BCUT2D eigenvalue weighted by Gasteiger charge is -2.56. The van der Waals surface area contributed by atoms with Gasteiger partial charge in [0.2, 0.25) is 0 Å². The molecule has 3 aliphatic rings. The first-order valence-corrected chi connectivity index (χ1v) is 8.65. The minimum absolute atomic E-state index is 0.00340. The first-order valence-electron chi connectivity index (χ1n) is 8.65. The molecule has 5 heteroatoms. The molecule has 1 fully saturated rings. The number of rotatable bonds is 0. The largest absolute Gasteiger partial charge is 0.293 e. The Morgan fingerprint density at radius 1 is 1.04 bits per heavy atom. The van der Waals surface area contributed by atoms with E-state index < -0.39 is 22.0 Å². The molecule has 0 aromatic rings. The minimum Gasteiger partial charge on any atom is -0.293 e. The number of fused-ring (bicyclic) bond motifs is 3. The summed E-state index contributed by atoms with van der Waals surface area (Å²) in [6.45, 7) is 5.58. The van der Waals surface area contributed by atoms with Gasteiger partial charge in [-0.15, -0.1) is 0 Å². The molecule has 3 aliphatic carbocycles. The average Bonchev–Trinajstić information content (AvgIpc) is 2.63. The number of carbonyl (C=O) groups is 2. The quantitative estimate of drug-likeness (QED) is 0.621. The Morgan fingerprint density at radius 2 is 1.70 bits per heavy atom. The third kappa shape index (κ3) is 2.37. The highest BCUT2D eigenvalue weighted by Gasteiger charge is 2.59. The van der Waals surface area contributed by atoms with Crippen molar-refractivity contribution in [3.05, 3.63) is 34.9 Å². The fourth-order valence-corrected chi connectivity index (χ4v) is 5.07. The Hall–Kier alpha value is -3.41. The second-order valence-corrected chi connectivity index (χ2v) is 8.02. The summed E-state index contributed by atoms with van der Waals surface area (Å²) in [4.78, 5) is 25.2. The number of nitrogens with zero attached hydrogens (tertiary/aromatic N) is 3. The summed E-state index contributed by atoms with van der Waals surface area (Å²) in [5.74, 6) is 4.65. The molecule has 0 spiro atoms. The normalized spacial score (nSPS) is 33.3. The van der Waals surface area contributed by atoms with E-state index in [1.807, 2.05) is 39.0 Å². The SMILES string of the molecule is CC1(C)C(=O)C(C#N)=C[C@]2(C)C3=CC(=O)C(C#N)=C[C@]3(C#CC#N)CC[C@@H]12. The van der Waals surface area contributed by atoms with Crippen LogP contribution in [0.15, 0.2) is 34.9 Å². The number of hydrogen-bond acceptors (Lipinski definition) is 5. The van der Waals surface area contributed by atoms with Gasteiger partial charge >= 0.3 is 0 Å². The standard InChI is InChI=1S/C22H17N3O2/c1-20(2)17-5-7-22(6-4-8-23)11-14(12-24)16(26)9-18(22)21(17,3)10-15(13-25)19(20)27/h9-11,17H,5,7H2,1-3H3/t17-,21-,22-/m0/s1. The highest BCUT2D eigenvalue weighted by atomic mass is 16.1. The number of carbonyl (C=O) groups excluding carboxylic acids is 2. The second-order valence-electron chi connectivity index (χ2n) is 8.02. The van der Waals surface area contributed by atoms with Crippen molar-refractivity contribution < 1.29 is 9.59 Å². The highest BCUT2D eigenvalue weighted by molar-refractivity contribution is 6.09. The van der Waals surface area contributed by atoms with Crippen LogP contribution in [0.4, 0.5) is 0 Å². The van der Waals surface area contributed by atoms with Crippen molar-refractivity contribution in [1.29, 1.82) is 15.8 Å². The molecular formula is C22H17N3O2. The van der Waals surface area contributed by atoms with Crippen LogP contribution in [0, 0.1) is 68.0 Å². The van der Waals surface area contributed by atoms with Gasteiger partial charge < -0.3 is 0 Å². The summed E-state index contributed by atoms with van der Waals surface area (Å²) in [6.07, 6.45) is 5.75. The van der Waals surface area contributed by atoms with Crippen LogP contribution >= 0.6 is 0 Å². The van der Waals surface area contributed by atoms with E-state index in [-0.39, 0.29) is 22.8 Å². The summed E-state index contributed by atoms with van der Waals surface area (Å²) in [5, 5.41) is 27.7. The zero-order chi connectivity index (χ0) is 20.0. The minimum atomic E-state index is -0.923. The molecule has 0 heterocycles. The third-order valence-electron chi connectivity index (χ3n) is 6.27. The van der Waals surface area contributed by atoms with Gasteiger partial charge in [-0.2, -0.15) is 15.8 Å². The Bertz CT molecular complexity index is 1060. The van der Waals surface area contributed by atoms with E-state index in [0.717, 1.165) is 0 Å². The highest BCUT2D eigenvalue weighted by Crippen LogP contribution is 2.63. The molecular weight excluding hydrogens is 338 g/mol. The zero-order valence-corrected chi connectivity index (χ0v) is 15.4. The lowest BCUT2D eigenvalue weighted by molar-refractivity contribution is -0.130. The van der Waals surface area contributed by atoms with Crippen molar-refractivity contribution in [2.75, 3.05) is 0 Å². The van der Waals surface area contributed by atoms with Crippen molar-refractivity contribution in [2.24, 2.45) is 22.2 Å². The Kier molecular flexibility index (Phi) is 3.95. The van der Waals surface area contributed by atoms with E-state index in [1.165, 1.54) is 6.08 Å². The van der Waals surface area contributed by atoms with Gasteiger partial charge in [0.05, 0.1) is 16.6 Å². The predicted octanol–water partition coefficient (Wildman–Crippen LogP) is 2.93. The number of allylic oxidation sites excluding steroid dienone is 6. The lowest BCUT2D eigenvalue weighted by atomic mass is 9.45. The smallest absolute Gasteiger partial charge is 0.196 e. The number of ketones is 2. The van der Waals surface area contributed by atoms with E-state index in [4.69, 9.17) is 5.26 Å². The maximum atomic E-state index is 12.7. The molecule has 5 nitrogen and oxygen atoms in total. The van der Waals surface area contributed by atoms with Gasteiger partial charge in [-0.3, -0.25) is 9.59 Å². The van der Waals surface area contributed by atoms with Crippen LogP contribution in [0.2, 0.25) is 0 Å². The van der Waals surface area contributed by atoms with Crippen LogP contribution in [-0.4, -0.2) is 11.6 Å². The topological polar surface area (TPSA) is 106 Å². The van der Waals surface area contributed by atoms with Crippen molar-refractivity contribution >= 4 is 11.6 Å². The summed E-state index contributed by atoms with van der Waals surface area (Å²) in [5.41, 5.74) is -1.71. The van der Waals surface area contributed by atoms with Gasteiger partial charge in [0.25, 0.3) is 0 Å². The molecule has 0 amide bonds. The number of Topliss-reactive ketones (excluding diaryl/α,β-unsaturated/α-hetero) is 1. The maximum absolute atomic E-state index is 12.7. The summed E-state index contributed by atoms with van der Waals surface area (Å²) < 4.78 is 0. The molecule has 1 saturated carbocycles. The first kappa shape index (κ1) is 18.4. The van der Waals surface area contributed by atoms with E-state index in [9.17, 15) is 20.1 Å². The first-order chi connectivity index (χ1) is 12.7. The number of nitriles is 3. The van der Waals surface area contributed by atoms with E-state index >= 15 is 0 Å². The van der Waals surface area contributed by atoms with Crippen molar-refractivity contribution in [3.63, 3.8) is 0 Å². The lowest BCUT2D eigenvalue weighted by Crippen LogP contribution is -2.53. The van der Waals surface area contributed by atoms with Gasteiger partial charge in [-0.25, -0.2) is 0 Å². The van der Waals surface area contributed by atoms with Crippen molar-refractivity contribution in [3.8, 4) is 30.0 Å². The summed E-state index contributed by atoms with van der Waals surface area (Å²) in [7, 11) is 0. The molecule has 3 atom stereocenters. The molecule has 0 N–H and O–H groups in total. The number of hydrogen-bond donors (Lipinski definition) is 0. The second kappa shape index (κ2) is 5.81. The molecule has 0 aromatic heterocycles. The van der Waals surface area contributed by atoms with Crippen molar-refractivity contribution in [2.45, 2.75) is 33.6 Å². The maximum Gasteiger partial charge on any atom is 0.196 e.